The van der Waals surface area contributed by atoms with Gasteiger partial charge in [-0.25, -0.2) is 19.2 Å². The smallest absolute Gasteiger partial charge is 0.419 e. The van der Waals surface area contributed by atoms with Crippen molar-refractivity contribution in [2.75, 3.05) is 18.4 Å². The van der Waals surface area contributed by atoms with Gasteiger partial charge in [-0.15, -0.1) is 0 Å². The highest BCUT2D eigenvalue weighted by molar-refractivity contribution is 5.75. The van der Waals surface area contributed by atoms with Crippen LogP contribution in [0.1, 0.15) is 53.5 Å². The predicted octanol–water partition coefficient (Wildman–Crippen LogP) is 5.44. The average molecular weight is 546 g/mol. The van der Waals surface area contributed by atoms with Gasteiger partial charge in [0.25, 0.3) is 0 Å². The second-order valence-electron chi connectivity index (χ2n) is 9.48. The Morgan fingerprint density at radius 3 is 2.28 bits per heavy atom. The molecule has 1 atom stereocenters. The molecular weight excluding hydrogens is 518 g/mol. The molecule has 0 saturated carbocycles. The molecule has 0 radical (unpaired) electrons. The fraction of sp³-hybridized carbons (Fsp3) is 0.333. The molecule has 1 unspecified atom stereocenters. The molecule has 3 aromatic rings. The van der Waals surface area contributed by atoms with Crippen molar-refractivity contribution in [2.45, 2.75) is 43.7 Å². The fourth-order valence-electron chi connectivity index (χ4n) is 4.77. The zero-order valence-electron chi connectivity index (χ0n) is 20.8. The molecule has 12 heteroatoms. The van der Waals surface area contributed by atoms with E-state index in [4.69, 9.17) is 10.8 Å². The molecule has 2 aromatic carbocycles. The first-order valence-corrected chi connectivity index (χ1v) is 12.3. The van der Waals surface area contributed by atoms with E-state index in [0.717, 1.165) is 5.56 Å². The van der Waals surface area contributed by atoms with Crippen molar-refractivity contribution < 1.29 is 32.3 Å². The lowest BCUT2D eigenvalue weighted by Gasteiger charge is -2.30. The fourth-order valence-corrected chi connectivity index (χ4v) is 4.77. The molecule has 1 fully saturated rings. The van der Waals surface area contributed by atoms with Gasteiger partial charge in [0.15, 0.2) is 0 Å². The third-order valence-corrected chi connectivity index (χ3v) is 6.76. The summed E-state index contributed by atoms with van der Waals surface area (Å²) in [7, 11) is 0. The number of likely N-dealkylation sites (tertiary alicyclic amines) is 1. The van der Waals surface area contributed by atoms with E-state index in [1.165, 1.54) is 29.2 Å². The number of hydrogen-bond acceptors (Lipinski definition) is 5. The number of piperidine rings is 1. The molecule has 39 heavy (non-hydrogen) atoms. The summed E-state index contributed by atoms with van der Waals surface area (Å²) in [5.41, 5.74) is 5.98. The van der Waals surface area contributed by atoms with E-state index in [-0.39, 0.29) is 24.0 Å². The topological polar surface area (TPSA) is 121 Å². The van der Waals surface area contributed by atoms with Crippen LogP contribution in [0.15, 0.2) is 54.7 Å². The number of primary amides is 1. The van der Waals surface area contributed by atoms with Crippen molar-refractivity contribution in [3.8, 4) is 0 Å². The van der Waals surface area contributed by atoms with Crippen molar-refractivity contribution in [3.63, 3.8) is 0 Å². The SMILES string of the molecule is NC(=O)CC(Cc1ccc(F)cc1)c1nc(Nc2ccc(C3CCN(C(=O)O)CC3)cc2)ncc1C(F)(F)F. The van der Waals surface area contributed by atoms with Crippen molar-refractivity contribution >= 4 is 23.6 Å². The largest absolute Gasteiger partial charge is 0.465 e. The standard InChI is InChI=1S/C27H27F4N5O3/c28-20-5-1-16(2-6-20)13-19(14-23(32)37)24-22(27(29,30)31)15-33-25(35-24)34-21-7-3-17(4-8-21)18-9-11-36(12-10-18)26(38)39/h1-8,15,18-19H,9-14H2,(H2,32,37)(H,38,39)(H,33,34,35). The maximum absolute atomic E-state index is 13.9. The van der Waals surface area contributed by atoms with Gasteiger partial charge in [-0.1, -0.05) is 24.3 Å². The molecule has 4 N–H and O–H groups in total. The number of nitrogens with zero attached hydrogens (tertiary/aromatic N) is 3. The third-order valence-electron chi connectivity index (χ3n) is 6.76. The first-order valence-electron chi connectivity index (χ1n) is 12.3. The summed E-state index contributed by atoms with van der Waals surface area (Å²) < 4.78 is 55.0. The van der Waals surface area contributed by atoms with Gasteiger partial charge in [0.2, 0.25) is 11.9 Å². The van der Waals surface area contributed by atoms with Gasteiger partial charge < -0.3 is 21.1 Å². The maximum atomic E-state index is 13.9. The lowest BCUT2D eigenvalue weighted by molar-refractivity contribution is -0.139. The third kappa shape index (κ3) is 7.21. The monoisotopic (exact) mass is 545 g/mol. The van der Waals surface area contributed by atoms with Gasteiger partial charge in [-0.3, -0.25) is 4.79 Å². The van der Waals surface area contributed by atoms with Crippen LogP contribution in [0.5, 0.6) is 0 Å². The normalized spacial score (nSPS) is 15.1. The number of alkyl halides is 3. The number of hydrogen-bond donors (Lipinski definition) is 3. The van der Waals surface area contributed by atoms with Crippen LogP contribution in [0.2, 0.25) is 0 Å². The van der Waals surface area contributed by atoms with Crippen LogP contribution in [0.25, 0.3) is 0 Å². The van der Waals surface area contributed by atoms with E-state index in [1.807, 2.05) is 12.1 Å². The molecule has 2 amide bonds. The van der Waals surface area contributed by atoms with Crippen molar-refractivity contribution in [3.05, 3.63) is 82.9 Å². The quantitative estimate of drug-likeness (QED) is 0.324. The molecular formula is C27H27F4N5O3. The highest BCUT2D eigenvalue weighted by Gasteiger charge is 2.37. The molecule has 1 aliphatic rings. The van der Waals surface area contributed by atoms with Crippen molar-refractivity contribution in [2.24, 2.45) is 5.73 Å². The number of rotatable bonds is 8. The zero-order valence-corrected chi connectivity index (χ0v) is 20.8. The van der Waals surface area contributed by atoms with E-state index < -0.39 is 41.9 Å². The zero-order chi connectivity index (χ0) is 28.2. The first kappa shape index (κ1) is 27.8. The minimum absolute atomic E-state index is 0.0157. The summed E-state index contributed by atoms with van der Waals surface area (Å²) in [6.07, 6.45) is -4.05. The number of halogens is 4. The van der Waals surface area contributed by atoms with E-state index in [1.54, 1.807) is 12.1 Å². The minimum atomic E-state index is -4.77. The molecule has 1 saturated heterocycles. The molecule has 0 aliphatic carbocycles. The van der Waals surface area contributed by atoms with Crippen LogP contribution in [0.4, 0.5) is 34.0 Å². The van der Waals surface area contributed by atoms with E-state index in [2.05, 4.69) is 15.3 Å². The summed E-state index contributed by atoms with van der Waals surface area (Å²) in [6.45, 7) is 0.902. The highest BCUT2D eigenvalue weighted by atomic mass is 19.4. The summed E-state index contributed by atoms with van der Waals surface area (Å²) in [4.78, 5) is 32.3. The Kier molecular flexibility index (Phi) is 8.32. The highest BCUT2D eigenvalue weighted by Crippen LogP contribution is 2.37. The van der Waals surface area contributed by atoms with E-state index in [0.29, 0.717) is 43.4 Å². The second kappa shape index (κ2) is 11.7. The number of carboxylic acid groups (broad SMARTS) is 1. The molecule has 4 rings (SSSR count). The van der Waals surface area contributed by atoms with E-state index in [9.17, 15) is 27.2 Å². The molecule has 0 bridgehead atoms. The summed E-state index contributed by atoms with van der Waals surface area (Å²) >= 11 is 0. The Labute approximate surface area is 221 Å². The number of nitrogens with two attached hydrogens (primary N) is 1. The van der Waals surface area contributed by atoms with Gasteiger partial charge in [0.1, 0.15) is 5.82 Å². The lowest BCUT2D eigenvalue weighted by Crippen LogP contribution is -2.36. The number of aromatic nitrogens is 2. The number of carbonyl (C=O) groups excluding carboxylic acids is 1. The van der Waals surface area contributed by atoms with Gasteiger partial charge >= 0.3 is 12.3 Å². The van der Waals surface area contributed by atoms with Crippen LogP contribution in [0, 0.1) is 5.82 Å². The van der Waals surface area contributed by atoms with E-state index >= 15 is 0 Å². The predicted molar refractivity (Wildman–Crippen MR) is 135 cm³/mol. The van der Waals surface area contributed by atoms with Crippen LogP contribution < -0.4 is 11.1 Å². The molecule has 8 nitrogen and oxygen atoms in total. The minimum Gasteiger partial charge on any atom is -0.465 e. The van der Waals surface area contributed by atoms with Crippen LogP contribution >= 0.6 is 0 Å². The van der Waals surface area contributed by atoms with Gasteiger partial charge in [0.05, 0.1) is 11.3 Å². The van der Waals surface area contributed by atoms with Crippen LogP contribution in [-0.2, 0) is 17.4 Å². The molecule has 2 heterocycles. The van der Waals surface area contributed by atoms with Gasteiger partial charge in [-0.2, -0.15) is 13.2 Å². The Morgan fingerprint density at radius 2 is 1.72 bits per heavy atom. The average Bonchev–Trinajstić information content (AvgIpc) is 2.89. The lowest BCUT2D eigenvalue weighted by atomic mass is 9.89. The number of benzene rings is 2. The van der Waals surface area contributed by atoms with Gasteiger partial charge in [0, 0.05) is 37.3 Å². The Bertz CT molecular complexity index is 1310. The molecule has 0 spiro atoms. The molecule has 1 aromatic heterocycles. The second-order valence-corrected chi connectivity index (χ2v) is 9.48. The Balaban J connectivity index is 1.56. The first-order chi connectivity index (χ1) is 18.5. The number of carbonyl (C=O) groups is 2. The molecule has 206 valence electrons. The summed E-state index contributed by atoms with van der Waals surface area (Å²) in [5.74, 6) is -2.20. The van der Waals surface area contributed by atoms with Crippen molar-refractivity contribution in [1.82, 2.24) is 14.9 Å². The van der Waals surface area contributed by atoms with Gasteiger partial charge in [-0.05, 0) is 60.6 Å². The number of anilines is 2. The van der Waals surface area contributed by atoms with Crippen LogP contribution in [-0.4, -0.2) is 45.1 Å². The maximum Gasteiger partial charge on any atom is 0.419 e. The van der Waals surface area contributed by atoms with Crippen LogP contribution in [0.3, 0.4) is 0 Å². The van der Waals surface area contributed by atoms with Crippen molar-refractivity contribution in [1.29, 1.82) is 0 Å². The number of nitrogens with one attached hydrogen (secondary N) is 1. The number of amides is 2. The molecule has 1 aliphatic heterocycles. The Morgan fingerprint density at radius 1 is 1.08 bits per heavy atom. The Hall–Kier alpha value is -4.22. The summed E-state index contributed by atoms with van der Waals surface area (Å²) in [6, 6.07) is 12.5. The summed E-state index contributed by atoms with van der Waals surface area (Å²) in [5, 5.41) is 12.0.